The van der Waals surface area contributed by atoms with E-state index in [4.69, 9.17) is 21.1 Å². The van der Waals surface area contributed by atoms with Gasteiger partial charge in [0.15, 0.2) is 0 Å². The van der Waals surface area contributed by atoms with Crippen LogP contribution in [0.2, 0.25) is 5.02 Å². The summed E-state index contributed by atoms with van der Waals surface area (Å²) in [6.07, 6.45) is 2.80. The molecular weight excluding hydrogens is 264 g/mol. The molecular formula is C15H19ClO3. The fourth-order valence-electron chi connectivity index (χ4n) is 2.39. The highest BCUT2D eigenvalue weighted by Gasteiger charge is 2.43. The molecule has 19 heavy (non-hydrogen) atoms. The monoisotopic (exact) mass is 282 g/mol. The number of benzene rings is 1. The van der Waals surface area contributed by atoms with Crippen LogP contribution in [0.25, 0.3) is 0 Å². The summed E-state index contributed by atoms with van der Waals surface area (Å²) in [4.78, 5) is 11.4. The van der Waals surface area contributed by atoms with Crippen LogP contribution < -0.4 is 4.74 Å². The number of methoxy groups -OCH3 is 1. The quantitative estimate of drug-likeness (QED) is 0.750. The smallest absolute Gasteiger partial charge is 0.308 e. The van der Waals surface area contributed by atoms with Crippen molar-refractivity contribution in [2.75, 3.05) is 13.7 Å². The summed E-state index contributed by atoms with van der Waals surface area (Å²) in [5.41, 5.74) is 1.12. The van der Waals surface area contributed by atoms with Gasteiger partial charge in [0, 0.05) is 5.02 Å². The van der Waals surface area contributed by atoms with Crippen molar-refractivity contribution in [3.8, 4) is 5.75 Å². The fourth-order valence-corrected chi connectivity index (χ4v) is 2.58. The summed E-state index contributed by atoms with van der Waals surface area (Å²) >= 11 is 6.02. The van der Waals surface area contributed by atoms with Crippen molar-refractivity contribution in [3.05, 3.63) is 28.8 Å². The number of hydrogen-bond acceptors (Lipinski definition) is 3. The Bertz CT molecular complexity index is 459. The lowest BCUT2D eigenvalue weighted by Gasteiger charge is -2.10. The number of esters is 1. The van der Waals surface area contributed by atoms with Crippen molar-refractivity contribution in [2.24, 2.45) is 11.8 Å². The van der Waals surface area contributed by atoms with E-state index in [2.05, 4.69) is 0 Å². The molecule has 1 fully saturated rings. The highest BCUT2D eigenvalue weighted by molar-refractivity contribution is 6.30. The maximum absolute atomic E-state index is 11.4. The first-order valence-corrected chi connectivity index (χ1v) is 7.02. The molecule has 104 valence electrons. The molecule has 1 saturated carbocycles. The van der Waals surface area contributed by atoms with Gasteiger partial charge in [0.25, 0.3) is 0 Å². The Kier molecular flexibility index (Phi) is 4.70. The van der Waals surface area contributed by atoms with Gasteiger partial charge in [0.2, 0.25) is 0 Å². The average molecular weight is 283 g/mol. The van der Waals surface area contributed by atoms with Crippen LogP contribution in [0.1, 0.15) is 25.3 Å². The van der Waals surface area contributed by atoms with E-state index < -0.39 is 0 Å². The molecule has 0 spiro atoms. The Morgan fingerprint density at radius 2 is 2.26 bits per heavy atom. The Labute approximate surface area is 118 Å². The van der Waals surface area contributed by atoms with Gasteiger partial charge < -0.3 is 9.47 Å². The second-order valence-corrected chi connectivity index (χ2v) is 5.29. The Balaban J connectivity index is 1.92. The molecule has 0 saturated heterocycles. The first kappa shape index (κ1) is 14.2. The molecule has 2 atom stereocenters. The van der Waals surface area contributed by atoms with E-state index >= 15 is 0 Å². The second-order valence-electron chi connectivity index (χ2n) is 4.85. The predicted molar refractivity (Wildman–Crippen MR) is 74.6 cm³/mol. The first-order valence-electron chi connectivity index (χ1n) is 6.64. The standard InChI is InChI=1S/C15H19ClO3/c1-3-19-14-7-6-12(16)8-11(14)5-4-10-9-13(10)15(17)18-2/h6-8,10,13H,3-5,9H2,1-2H3. The minimum Gasteiger partial charge on any atom is -0.494 e. The molecule has 1 aromatic carbocycles. The zero-order valence-electron chi connectivity index (χ0n) is 11.3. The summed E-state index contributed by atoms with van der Waals surface area (Å²) in [5, 5.41) is 0.721. The normalized spacial score (nSPS) is 21.0. The number of rotatable bonds is 6. The fraction of sp³-hybridized carbons (Fsp3) is 0.533. The Hall–Kier alpha value is -1.22. The Morgan fingerprint density at radius 3 is 2.95 bits per heavy atom. The minimum absolute atomic E-state index is 0.0823. The second kappa shape index (κ2) is 6.29. The van der Waals surface area contributed by atoms with Gasteiger partial charge in [-0.3, -0.25) is 4.79 Å². The molecule has 1 aliphatic rings. The van der Waals surface area contributed by atoms with Crippen molar-refractivity contribution in [2.45, 2.75) is 26.2 Å². The molecule has 0 bridgehead atoms. The van der Waals surface area contributed by atoms with E-state index in [1.54, 1.807) is 0 Å². The molecule has 0 heterocycles. The highest BCUT2D eigenvalue weighted by atomic mass is 35.5. The SMILES string of the molecule is CCOc1ccc(Cl)cc1CCC1CC1C(=O)OC. The van der Waals surface area contributed by atoms with E-state index in [0.717, 1.165) is 35.6 Å². The van der Waals surface area contributed by atoms with Gasteiger partial charge in [0.05, 0.1) is 19.6 Å². The highest BCUT2D eigenvalue weighted by Crippen LogP contribution is 2.43. The van der Waals surface area contributed by atoms with Gasteiger partial charge in [-0.2, -0.15) is 0 Å². The van der Waals surface area contributed by atoms with Gasteiger partial charge in [-0.1, -0.05) is 11.6 Å². The van der Waals surface area contributed by atoms with E-state index in [9.17, 15) is 4.79 Å². The van der Waals surface area contributed by atoms with Crippen LogP contribution in [0.3, 0.4) is 0 Å². The van der Waals surface area contributed by atoms with E-state index in [-0.39, 0.29) is 11.9 Å². The van der Waals surface area contributed by atoms with Crippen LogP contribution >= 0.6 is 11.6 Å². The summed E-state index contributed by atoms with van der Waals surface area (Å²) < 4.78 is 10.3. The van der Waals surface area contributed by atoms with Crippen LogP contribution in [-0.4, -0.2) is 19.7 Å². The van der Waals surface area contributed by atoms with Crippen molar-refractivity contribution < 1.29 is 14.3 Å². The number of hydrogen-bond donors (Lipinski definition) is 0. The van der Waals surface area contributed by atoms with Gasteiger partial charge in [0.1, 0.15) is 5.75 Å². The number of carbonyl (C=O) groups is 1. The number of halogens is 1. The van der Waals surface area contributed by atoms with Gasteiger partial charge >= 0.3 is 5.97 Å². The van der Waals surface area contributed by atoms with Gasteiger partial charge in [-0.15, -0.1) is 0 Å². The molecule has 3 nitrogen and oxygen atoms in total. The zero-order chi connectivity index (χ0) is 13.8. The van der Waals surface area contributed by atoms with E-state index in [0.29, 0.717) is 12.5 Å². The summed E-state index contributed by atoms with van der Waals surface area (Å²) in [6.45, 7) is 2.61. The third-order valence-corrected chi connectivity index (χ3v) is 3.77. The third-order valence-electron chi connectivity index (χ3n) is 3.53. The summed E-state index contributed by atoms with van der Waals surface area (Å²) in [7, 11) is 1.45. The van der Waals surface area contributed by atoms with Crippen molar-refractivity contribution in [1.82, 2.24) is 0 Å². The number of carbonyl (C=O) groups excluding carboxylic acids is 1. The molecule has 0 N–H and O–H groups in total. The van der Waals surface area contributed by atoms with Crippen LogP contribution in [-0.2, 0) is 16.0 Å². The van der Waals surface area contributed by atoms with Crippen LogP contribution in [0.5, 0.6) is 5.75 Å². The summed E-state index contributed by atoms with van der Waals surface area (Å²) in [5.74, 6) is 1.35. The molecule has 1 aliphatic carbocycles. The maximum atomic E-state index is 11.4. The van der Waals surface area contributed by atoms with Crippen molar-refractivity contribution in [3.63, 3.8) is 0 Å². The van der Waals surface area contributed by atoms with Crippen molar-refractivity contribution >= 4 is 17.6 Å². The van der Waals surface area contributed by atoms with Crippen LogP contribution in [0.4, 0.5) is 0 Å². The largest absolute Gasteiger partial charge is 0.494 e. The van der Waals surface area contributed by atoms with Gasteiger partial charge in [-0.25, -0.2) is 0 Å². The molecule has 2 rings (SSSR count). The maximum Gasteiger partial charge on any atom is 0.308 e. The lowest BCUT2D eigenvalue weighted by Crippen LogP contribution is -2.05. The summed E-state index contributed by atoms with van der Waals surface area (Å²) in [6, 6.07) is 5.69. The molecule has 1 aromatic rings. The lowest BCUT2D eigenvalue weighted by molar-refractivity contribution is -0.142. The van der Waals surface area contributed by atoms with Gasteiger partial charge in [-0.05, 0) is 55.9 Å². The zero-order valence-corrected chi connectivity index (χ0v) is 12.1. The van der Waals surface area contributed by atoms with Crippen LogP contribution in [0, 0.1) is 11.8 Å². The minimum atomic E-state index is -0.0823. The van der Waals surface area contributed by atoms with E-state index in [1.807, 2.05) is 25.1 Å². The van der Waals surface area contributed by atoms with Crippen LogP contribution in [0.15, 0.2) is 18.2 Å². The molecule has 0 aromatic heterocycles. The molecule has 0 aliphatic heterocycles. The first-order chi connectivity index (χ1) is 9.15. The number of aryl methyl sites for hydroxylation is 1. The van der Waals surface area contributed by atoms with E-state index in [1.165, 1.54) is 7.11 Å². The predicted octanol–water partition coefficient (Wildman–Crippen LogP) is 3.48. The molecule has 2 unspecified atom stereocenters. The third kappa shape index (κ3) is 3.63. The Morgan fingerprint density at radius 1 is 1.47 bits per heavy atom. The molecule has 0 amide bonds. The molecule has 4 heteroatoms. The average Bonchev–Trinajstić information content (AvgIpc) is 3.18. The van der Waals surface area contributed by atoms with Crippen molar-refractivity contribution in [1.29, 1.82) is 0 Å². The number of ether oxygens (including phenoxy) is 2. The lowest BCUT2D eigenvalue weighted by atomic mass is 10.1. The topological polar surface area (TPSA) is 35.5 Å². The molecule has 0 radical (unpaired) electrons.